The lowest BCUT2D eigenvalue weighted by molar-refractivity contribution is 0.648. The highest BCUT2D eigenvalue weighted by Gasteiger charge is 2.24. The first kappa shape index (κ1) is 12.0. The molecule has 20 heavy (non-hydrogen) atoms. The lowest BCUT2D eigenvalue weighted by atomic mass is 10.2. The van der Waals surface area contributed by atoms with E-state index in [2.05, 4.69) is 28.8 Å². The minimum atomic E-state index is 0.772. The van der Waals surface area contributed by atoms with Gasteiger partial charge in [-0.05, 0) is 37.0 Å². The zero-order valence-corrected chi connectivity index (χ0v) is 11.8. The topological polar surface area (TPSA) is 17.8 Å². The fourth-order valence-corrected chi connectivity index (χ4v) is 2.81. The fraction of sp³-hybridized carbons (Fsp3) is 0.235. The number of hydrogen-bond acceptors (Lipinski definition) is 1. The minimum absolute atomic E-state index is 0.772. The summed E-state index contributed by atoms with van der Waals surface area (Å²) in [4.78, 5) is 4.81. The van der Waals surface area contributed by atoms with Crippen LogP contribution in [0.5, 0.6) is 0 Å². The number of rotatable bonds is 3. The highest BCUT2D eigenvalue weighted by atomic mass is 35.5. The van der Waals surface area contributed by atoms with Crippen molar-refractivity contribution < 1.29 is 0 Å². The number of aromatic nitrogens is 2. The zero-order valence-electron chi connectivity index (χ0n) is 11.1. The summed E-state index contributed by atoms with van der Waals surface area (Å²) in [6.07, 6.45) is 2.66. The van der Waals surface area contributed by atoms with Crippen LogP contribution in [0.4, 0.5) is 0 Å². The van der Waals surface area contributed by atoms with Crippen molar-refractivity contribution in [2.24, 2.45) is 5.92 Å². The zero-order chi connectivity index (χ0) is 13.5. The van der Waals surface area contributed by atoms with Crippen molar-refractivity contribution in [3.8, 4) is 11.4 Å². The van der Waals surface area contributed by atoms with E-state index in [1.54, 1.807) is 0 Å². The molecule has 3 heteroatoms. The van der Waals surface area contributed by atoms with Gasteiger partial charge in [-0.1, -0.05) is 41.9 Å². The number of imidazole rings is 1. The predicted molar refractivity (Wildman–Crippen MR) is 82.9 cm³/mol. The molecule has 0 unspecified atom stereocenters. The normalized spacial score (nSPS) is 14.8. The molecule has 0 bridgehead atoms. The van der Waals surface area contributed by atoms with Crippen molar-refractivity contribution in [3.63, 3.8) is 0 Å². The number of hydrogen-bond donors (Lipinski definition) is 0. The van der Waals surface area contributed by atoms with Gasteiger partial charge in [0, 0.05) is 17.1 Å². The molecule has 0 N–H and O–H groups in total. The Balaban J connectivity index is 1.94. The smallest absolute Gasteiger partial charge is 0.141 e. The van der Waals surface area contributed by atoms with Gasteiger partial charge in [-0.15, -0.1) is 0 Å². The summed E-state index contributed by atoms with van der Waals surface area (Å²) in [5.74, 6) is 1.85. The lowest BCUT2D eigenvalue weighted by Gasteiger charge is -2.08. The molecule has 2 aromatic carbocycles. The van der Waals surface area contributed by atoms with E-state index in [0.717, 1.165) is 34.3 Å². The Bertz CT molecular complexity index is 757. The summed E-state index contributed by atoms with van der Waals surface area (Å²) >= 11 is 6.16. The molecular weight excluding hydrogens is 268 g/mol. The van der Waals surface area contributed by atoms with Crippen LogP contribution in [0, 0.1) is 5.92 Å². The molecule has 1 saturated carbocycles. The van der Waals surface area contributed by atoms with Gasteiger partial charge in [0.05, 0.1) is 11.0 Å². The van der Waals surface area contributed by atoms with Crippen molar-refractivity contribution in [3.05, 3.63) is 53.6 Å². The summed E-state index contributed by atoms with van der Waals surface area (Å²) in [7, 11) is 0. The molecule has 0 atom stereocenters. The van der Waals surface area contributed by atoms with Crippen LogP contribution < -0.4 is 0 Å². The van der Waals surface area contributed by atoms with Crippen LogP contribution in [0.3, 0.4) is 0 Å². The van der Waals surface area contributed by atoms with E-state index in [0.29, 0.717) is 0 Å². The number of halogens is 1. The molecule has 4 rings (SSSR count). The average molecular weight is 283 g/mol. The summed E-state index contributed by atoms with van der Waals surface area (Å²) in [5.41, 5.74) is 3.33. The maximum Gasteiger partial charge on any atom is 0.141 e. The van der Waals surface area contributed by atoms with Gasteiger partial charge in [0.15, 0.2) is 0 Å². The molecule has 0 amide bonds. The van der Waals surface area contributed by atoms with Crippen LogP contribution in [0.2, 0.25) is 5.02 Å². The van der Waals surface area contributed by atoms with Gasteiger partial charge in [0.1, 0.15) is 5.82 Å². The maximum absolute atomic E-state index is 6.16. The molecule has 2 nitrogen and oxygen atoms in total. The average Bonchev–Trinajstić information content (AvgIpc) is 3.22. The Labute approximate surface area is 123 Å². The van der Waals surface area contributed by atoms with Crippen molar-refractivity contribution in [2.45, 2.75) is 19.4 Å². The number of fused-ring (bicyclic) bond motifs is 1. The Morgan fingerprint density at radius 3 is 2.65 bits per heavy atom. The third-order valence-electron chi connectivity index (χ3n) is 3.88. The van der Waals surface area contributed by atoms with Crippen LogP contribution in [0.15, 0.2) is 48.5 Å². The molecule has 3 aromatic rings. The molecule has 1 heterocycles. The Morgan fingerprint density at radius 1 is 1.10 bits per heavy atom. The van der Waals surface area contributed by atoms with Gasteiger partial charge >= 0.3 is 0 Å². The summed E-state index contributed by atoms with van der Waals surface area (Å²) in [6, 6.07) is 16.3. The third kappa shape index (κ3) is 2.10. The standard InChI is InChI=1S/C17H15ClN2/c18-14-8-9-15-16(10-14)20(11-12-6-7-12)17(19-15)13-4-2-1-3-5-13/h1-5,8-10,12H,6-7,11H2. The first-order chi connectivity index (χ1) is 9.81. The van der Waals surface area contributed by atoms with Gasteiger partial charge in [0.2, 0.25) is 0 Å². The molecule has 100 valence electrons. The fourth-order valence-electron chi connectivity index (χ4n) is 2.65. The van der Waals surface area contributed by atoms with Gasteiger partial charge in [0.25, 0.3) is 0 Å². The third-order valence-corrected chi connectivity index (χ3v) is 4.12. The molecule has 1 fully saturated rings. The van der Waals surface area contributed by atoms with E-state index in [-0.39, 0.29) is 0 Å². The highest BCUT2D eigenvalue weighted by molar-refractivity contribution is 6.31. The van der Waals surface area contributed by atoms with E-state index in [9.17, 15) is 0 Å². The van der Waals surface area contributed by atoms with Crippen LogP contribution >= 0.6 is 11.6 Å². The highest BCUT2D eigenvalue weighted by Crippen LogP contribution is 2.35. The SMILES string of the molecule is Clc1ccc2nc(-c3ccccc3)n(CC3CC3)c2c1. The van der Waals surface area contributed by atoms with E-state index in [1.807, 2.05) is 24.3 Å². The summed E-state index contributed by atoms with van der Waals surface area (Å²) in [5, 5.41) is 0.772. The van der Waals surface area contributed by atoms with E-state index >= 15 is 0 Å². The first-order valence-corrected chi connectivity index (χ1v) is 7.40. The van der Waals surface area contributed by atoms with Crippen molar-refractivity contribution >= 4 is 22.6 Å². The summed E-state index contributed by atoms with van der Waals surface area (Å²) in [6.45, 7) is 1.04. The molecule has 0 radical (unpaired) electrons. The van der Waals surface area contributed by atoms with Crippen LogP contribution in [0.1, 0.15) is 12.8 Å². The van der Waals surface area contributed by atoms with E-state index in [4.69, 9.17) is 16.6 Å². The molecule has 1 aliphatic carbocycles. The molecule has 0 saturated heterocycles. The van der Waals surface area contributed by atoms with Gasteiger partial charge in [-0.2, -0.15) is 0 Å². The van der Waals surface area contributed by atoms with Crippen LogP contribution in [0.25, 0.3) is 22.4 Å². The molecule has 1 aliphatic rings. The molecule has 0 spiro atoms. The second-order valence-electron chi connectivity index (χ2n) is 5.49. The number of benzene rings is 2. The van der Waals surface area contributed by atoms with E-state index < -0.39 is 0 Å². The Hall–Kier alpha value is -1.80. The van der Waals surface area contributed by atoms with Gasteiger partial charge < -0.3 is 4.57 Å². The van der Waals surface area contributed by atoms with Gasteiger partial charge in [-0.25, -0.2) is 4.98 Å². The molecule has 1 aromatic heterocycles. The van der Waals surface area contributed by atoms with Crippen LogP contribution in [-0.4, -0.2) is 9.55 Å². The van der Waals surface area contributed by atoms with Gasteiger partial charge in [-0.3, -0.25) is 0 Å². The molecular formula is C17H15ClN2. The Morgan fingerprint density at radius 2 is 1.90 bits per heavy atom. The lowest BCUT2D eigenvalue weighted by Crippen LogP contribution is -2.02. The van der Waals surface area contributed by atoms with E-state index in [1.165, 1.54) is 18.4 Å². The second kappa shape index (κ2) is 4.64. The first-order valence-electron chi connectivity index (χ1n) is 7.02. The number of nitrogens with zero attached hydrogens (tertiary/aromatic N) is 2. The van der Waals surface area contributed by atoms with Crippen molar-refractivity contribution in [1.82, 2.24) is 9.55 Å². The van der Waals surface area contributed by atoms with Crippen molar-refractivity contribution in [1.29, 1.82) is 0 Å². The second-order valence-corrected chi connectivity index (χ2v) is 5.92. The minimum Gasteiger partial charge on any atom is -0.324 e. The summed E-state index contributed by atoms with van der Waals surface area (Å²) < 4.78 is 2.33. The van der Waals surface area contributed by atoms with Crippen LogP contribution in [-0.2, 0) is 6.54 Å². The largest absolute Gasteiger partial charge is 0.324 e. The quantitative estimate of drug-likeness (QED) is 0.677. The Kier molecular flexibility index (Phi) is 2.78. The van der Waals surface area contributed by atoms with Crippen molar-refractivity contribution in [2.75, 3.05) is 0 Å². The predicted octanol–water partition coefficient (Wildman–Crippen LogP) is 4.77. The monoisotopic (exact) mass is 282 g/mol. The molecule has 0 aliphatic heterocycles. The maximum atomic E-state index is 6.16.